The maximum Gasteiger partial charge on any atom is 0.406 e. The summed E-state index contributed by atoms with van der Waals surface area (Å²) in [4.78, 5) is 18.1. The number of halogens is 3. The molecule has 1 N–H and O–H groups in total. The standard InChI is InChI=1S/C16H23F3N4O3/c1-11-8-23(9-15(26-11)3-6-25-12(15)2)14(24)21-7-13-20-4-5-22(13)10-16(17,18)19/h4-5,11-12H,3,6-10H2,1-2H3,(H,21,24). The maximum absolute atomic E-state index is 12.6. The molecule has 0 aromatic carbocycles. The summed E-state index contributed by atoms with van der Waals surface area (Å²) in [7, 11) is 0. The van der Waals surface area contributed by atoms with Crippen LogP contribution in [-0.4, -0.2) is 64.2 Å². The highest BCUT2D eigenvalue weighted by molar-refractivity contribution is 5.74. The predicted molar refractivity (Wildman–Crippen MR) is 85.4 cm³/mol. The van der Waals surface area contributed by atoms with E-state index >= 15 is 0 Å². The number of urea groups is 1. The van der Waals surface area contributed by atoms with Crippen molar-refractivity contribution in [1.82, 2.24) is 19.8 Å². The van der Waals surface area contributed by atoms with Gasteiger partial charge in [0.25, 0.3) is 0 Å². The van der Waals surface area contributed by atoms with Gasteiger partial charge in [0.2, 0.25) is 0 Å². The Bertz CT molecular complexity index is 651. The van der Waals surface area contributed by atoms with Crippen molar-refractivity contribution in [2.24, 2.45) is 0 Å². The third-order valence-electron chi connectivity index (χ3n) is 4.84. The van der Waals surface area contributed by atoms with Crippen molar-refractivity contribution in [3.05, 3.63) is 18.2 Å². The second-order valence-corrected chi connectivity index (χ2v) is 6.88. The summed E-state index contributed by atoms with van der Waals surface area (Å²) in [5.41, 5.74) is -0.524. The van der Waals surface area contributed by atoms with Crippen LogP contribution in [0.15, 0.2) is 12.4 Å². The van der Waals surface area contributed by atoms with Crippen LogP contribution in [0.1, 0.15) is 26.1 Å². The first kappa shape index (κ1) is 19.0. The zero-order chi connectivity index (χ0) is 18.9. The number of ether oxygens (including phenoxy) is 2. The Balaban J connectivity index is 1.61. The molecule has 2 fully saturated rings. The van der Waals surface area contributed by atoms with E-state index in [1.165, 1.54) is 12.4 Å². The Hall–Kier alpha value is -1.81. The Morgan fingerprint density at radius 2 is 2.23 bits per heavy atom. The van der Waals surface area contributed by atoms with Gasteiger partial charge in [-0.05, 0) is 13.8 Å². The number of hydrogen-bond acceptors (Lipinski definition) is 4. The summed E-state index contributed by atoms with van der Waals surface area (Å²) < 4.78 is 50.3. The lowest BCUT2D eigenvalue weighted by molar-refractivity contribution is -0.159. The smallest absolute Gasteiger partial charge is 0.375 e. The van der Waals surface area contributed by atoms with E-state index in [0.717, 1.165) is 4.57 Å². The van der Waals surface area contributed by atoms with Gasteiger partial charge in [-0.3, -0.25) is 0 Å². The van der Waals surface area contributed by atoms with Crippen LogP contribution in [0.3, 0.4) is 0 Å². The van der Waals surface area contributed by atoms with Gasteiger partial charge in [-0.2, -0.15) is 13.2 Å². The fourth-order valence-electron chi connectivity index (χ4n) is 3.56. The molecule has 3 atom stereocenters. The lowest BCUT2D eigenvalue weighted by Gasteiger charge is -2.44. The van der Waals surface area contributed by atoms with Crippen LogP contribution < -0.4 is 5.32 Å². The van der Waals surface area contributed by atoms with Gasteiger partial charge in [0, 0.05) is 32.0 Å². The van der Waals surface area contributed by atoms with Crippen LogP contribution in [0.2, 0.25) is 0 Å². The number of nitrogens with zero attached hydrogens (tertiary/aromatic N) is 3. The molecule has 26 heavy (non-hydrogen) atoms. The second-order valence-electron chi connectivity index (χ2n) is 6.88. The summed E-state index contributed by atoms with van der Waals surface area (Å²) >= 11 is 0. The molecule has 1 aromatic rings. The molecule has 10 heteroatoms. The van der Waals surface area contributed by atoms with Crippen LogP contribution in [0, 0.1) is 0 Å². The van der Waals surface area contributed by atoms with E-state index < -0.39 is 18.3 Å². The van der Waals surface area contributed by atoms with Gasteiger partial charge < -0.3 is 24.3 Å². The predicted octanol–water partition coefficient (Wildman–Crippen LogP) is 1.92. The average molecular weight is 376 g/mol. The first-order valence-electron chi connectivity index (χ1n) is 8.57. The quantitative estimate of drug-likeness (QED) is 0.875. The van der Waals surface area contributed by atoms with Crippen LogP contribution in [0.4, 0.5) is 18.0 Å². The molecular formula is C16H23F3N4O3. The molecule has 3 rings (SSSR count). The highest BCUT2D eigenvalue weighted by atomic mass is 19.4. The van der Waals surface area contributed by atoms with E-state index in [-0.39, 0.29) is 30.6 Å². The highest BCUT2D eigenvalue weighted by Crippen LogP contribution is 2.35. The number of rotatable bonds is 3. The number of alkyl halides is 3. The number of imidazole rings is 1. The zero-order valence-corrected chi connectivity index (χ0v) is 14.8. The lowest BCUT2D eigenvalue weighted by atomic mass is 9.93. The Morgan fingerprint density at radius 3 is 2.88 bits per heavy atom. The van der Waals surface area contributed by atoms with Gasteiger partial charge in [-0.15, -0.1) is 0 Å². The monoisotopic (exact) mass is 376 g/mol. The Labute approximate surface area is 149 Å². The number of morpholine rings is 1. The second kappa shape index (κ2) is 7.07. The minimum Gasteiger partial charge on any atom is -0.375 e. The normalized spacial score (nSPS) is 29.3. The summed E-state index contributed by atoms with van der Waals surface area (Å²) in [5, 5.41) is 2.66. The summed E-state index contributed by atoms with van der Waals surface area (Å²) in [6, 6.07) is -0.347. The third kappa shape index (κ3) is 4.12. The highest BCUT2D eigenvalue weighted by Gasteiger charge is 2.48. The minimum absolute atomic E-state index is 0.0767. The molecule has 2 amide bonds. The van der Waals surface area contributed by atoms with Crippen LogP contribution in [0.25, 0.3) is 0 Å². The van der Waals surface area contributed by atoms with Gasteiger partial charge in [0.1, 0.15) is 18.0 Å². The molecule has 3 heterocycles. The Kier molecular flexibility index (Phi) is 5.16. The first-order valence-corrected chi connectivity index (χ1v) is 8.57. The fraction of sp³-hybridized carbons (Fsp3) is 0.750. The zero-order valence-electron chi connectivity index (χ0n) is 14.8. The van der Waals surface area contributed by atoms with E-state index in [0.29, 0.717) is 26.1 Å². The molecule has 0 radical (unpaired) electrons. The summed E-state index contributed by atoms with van der Waals surface area (Å²) in [6.45, 7) is 3.99. The van der Waals surface area contributed by atoms with Gasteiger partial charge in [-0.25, -0.2) is 9.78 Å². The molecular weight excluding hydrogens is 353 g/mol. The van der Waals surface area contributed by atoms with Crippen molar-refractivity contribution in [1.29, 1.82) is 0 Å². The van der Waals surface area contributed by atoms with Crippen LogP contribution >= 0.6 is 0 Å². The molecule has 2 aliphatic rings. The maximum atomic E-state index is 12.6. The van der Waals surface area contributed by atoms with Crippen molar-refractivity contribution < 1.29 is 27.4 Å². The summed E-state index contributed by atoms with van der Waals surface area (Å²) in [6.07, 6.45) is -1.37. The van der Waals surface area contributed by atoms with Gasteiger partial charge in [0.05, 0.1) is 25.3 Å². The molecule has 1 spiro atoms. The molecule has 1 aromatic heterocycles. The largest absolute Gasteiger partial charge is 0.406 e. The summed E-state index contributed by atoms with van der Waals surface area (Å²) in [5.74, 6) is 0.157. The van der Waals surface area contributed by atoms with Crippen molar-refractivity contribution in [3.8, 4) is 0 Å². The van der Waals surface area contributed by atoms with E-state index in [4.69, 9.17) is 9.47 Å². The number of hydrogen-bond donors (Lipinski definition) is 1. The van der Waals surface area contributed by atoms with Crippen LogP contribution in [-0.2, 0) is 22.6 Å². The van der Waals surface area contributed by atoms with E-state index in [1.807, 2.05) is 13.8 Å². The van der Waals surface area contributed by atoms with Crippen LogP contribution in [0.5, 0.6) is 0 Å². The number of nitrogens with one attached hydrogen (secondary N) is 1. The van der Waals surface area contributed by atoms with Gasteiger partial charge in [0.15, 0.2) is 0 Å². The number of aromatic nitrogens is 2. The molecule has 0 bridgehead atoms. The van der Waals surface area contributed by atoms with Gasteiger partial charge in [-0.1, -0.05) is 0 Å². The van der Waals surface area contributed by atoms with E-state index in [2.05, 4.69) is 10.3 Å². The number of carbonyl (C=O) groups is 1. The SMILES string of the molecule is CC1CN(C(=O)NCc2nccn2CC(F)(F)F)CC2(CCOC2C)O1. The van der Waals surface area contributed by atoms with E-state index in [1.54, 1.807) is 4.90 Å². The fourth-order valence-corrected chi connectivity index (χ4v) is 3.56. The number of carbonyl (C=O) groups excluding carboxylic acids is 1. The Morgan fingerprint density at radius 1 is 1.46 bits per heavy atom. The molecule has 3 unspecified atom stereocenters. The average Bonchev–Trinajstić information content (AvgIpc) is 3.10. The molecule has 146 valence electrons. The molecule has 0 saturated carbocycles. The van der Waals surface area contributed by atoms with Crippen molar-refractivity contribution >= 4 is 6.03 Å². The first-order chi connectivity index (χ1) is 12.2. The molecule has 7 nitrogen and oxygen atoms in total. The van der Waals surface area contributed by atoms with Gasteiger partial charge >= 0.3 is 12.2 Å². The minimum atomic E-state index is -4.34. The van der Waals surface area contributed by atoms with Crippen molar-refractivity contribution in [3.63, 3.8) is 0 Å². The van der Waals surface area contributed by atoms with Crippen molar-refractivity contribution in [2.75, 3.05) is 19.7 Å². The molecule has 0 aliphatic carbocycles. The molecule has 2 aliphatic heterocycles. The third-order valence-corrected chi connectivity index (χ3v) is 4.84. The lowest BCUT2D eigenvalue weighted by Crippen LogP contribution is -2.60. The van der Waals surface area contributed by atoms with Crippen molar-refractivity contribution in [2.45, 2.75) is 57.3 Å². The topological polar surface area (TPSA) is 68.6 Å². The number of amides is 2. The van der Waals surface area contributed by atoms with E-state index in [9.17, 15) is 18.0 Å². The molecule has 2 saturated heterocycles.